The third-order valence-corrected chi connectivity index (χ3v) is 7.78. The Hall–Kier alpha value is -3.23. The number of rotatable bonds is 13. The van der Waals surface area contributed by atoms with Gasteiger partial charge in [0.05, 0.1) is 25.7 Å². The molecule has 3 amide bonds. The molecule has 2 aliphatic rings. The molecule has 3 rings (SSSR count). The number of unbranched alkanes of at least 4 members (excludes halogenated alkanes) is 1. The standard InChI is InChI=1S/C22H27F4N7O4S/c1-37-15(35)9-33(8-11-16(23)18(25)21(31-32-27)19(26)17(11)24)7-6-28-14(34)5-3-2-4-13-20-12(10-38-13)29-22(36)30-20/h12-13,20H,2-10H2,1H3,(H,28,34)(H2,29,30,36). The Kier molecular flexibility index (Phi) is 10.4. The zero-order chi connectivity index (χ0) is 27.8. The zero-order valence-electron chi connectivity index (χ0n) is 20.4. The van der Waals surface area contributed by atoms with Crippen LogP contribution in [0.25, 0.3) is 10.4 Å². The van der Waals surface area contributed by atoms with Gasteiger partial charge in [-0.2, -0.15) is 11.8 Å². The fraction of sp³-hybridized carbons (Fsp3) is 0.591. The molecule has 11 nitrogen and oxygen atoms in total. The van der Waals surface area contributed by atoms with Crippen molar-refractivity contribution in [1.82, 2.24) is 20.9 Å². The highest BCUT2D eigenvalue weighted by Crippen LogP contribution is 2.33. The van der Waals surface area contributed by atoms with Crippen LogP contribution in [0.5, 0.6) is 0 Å². The number of methoxy groups -OCH3 is 1. The summed E-state index contributed by atoms with van der Waals surface area (Å²) < 4.78 is 61.7. The molecule has 1 aromatic rings. The maximum Gasteiger partial charge on any atom is 0.319 e. The molecule has 2 saturated heterocycles. The van der Waals surface area contributed by atoms with E-state index in [0.717, 1.165) is 30.6 Å². The molecule has 2 heterocycles. The number of benzene rings is 1. The van der Waals surface area contributed by atoms with Gasteiger partial charge in [-0.05, 0) is 18.4 Å². The minimum absolute atomic E-state index is 0.0131. The summed E-state index contributed by atoms with van der Waals surface area (Å²) in [7, 11) is 1.10. The van der Waals surface area contributed by atoms with Crippen LogP contribution in [-0.4, -0.2) is 72.6 Å². The Morgan fingerprint density at radius 1 is 1.18 bits per heavy atom. The molecule has 0 bridgehead atoms. The maximum atomic E-state index is 14.4. The van der Waals surface area contributed by atoms with Crippen molar-refractivity contribution in [3.05, 3.63) is 39.3 Å². The van der Waals surface area contributed by atoms with E-state index in [4.69, 9.17) is 5.53 Å². The van der Waals surface area contributed by atoms with Crippen LogP contribution < -0.4 is 16.0 Å². The van der Waals surface area contributed by atoms with Gasteiger partial charge < -0.3 is 20.7 Å². The lowest BCUT2D eigenvalue weighted by Crippen LogP contribution is -2.38. The van der Waals surface area contributed by atoms with Gasteiger partial charge in [0.15, 0.2) is 23.3 Å². The molecule has 3 N–H and O–H groups in total. The molecular weight excluding hydrogens is 534 g/mol. The number of carbonyl (C=O) groups is 3. The van der Waals surface area contributed by atoms with Gasteiger partial charge in [-0.1, -0.05) is 11.5 Å². The normalized spacial score (nSPS) is 19.9. The molecule has 1 aromatic carbocycles. The molecular formula is C22H27F4N7O4S. The number of hydrogen-bond donors (Lipinski definition) is 3. The van der Waals surface area contributed by atoms with Crippen molar-refractivity contribution in [3.63, 3.8) is 0 Å². The first-order valence-corrected chi connectivity index (χ1v) is 12.9. The summed E-state index contributed by atoms with van der Waals surface area (Å²) in [5.74, 6) is -7.44. The number of fused-ring (bicyclic) bond motifs is 1. The summed E-state index contributed by atoms with van der Waals surface area (Å²) >= 11 is 1.78. The van der Waals surface area contributed by atoms with Gasteiger partial charge in [-0.3, -0.25) is 14.5 Å². The number of ether oxygens (including phenoxy) is 1. The fourth-order valence-corrected chi connectivity index (χ4v) is 5.88. The van der Waals surface area contributed by atoms with Gasteiger partial charge >= 0.3 is 12.0 Å². The van der Waals surface area contributed by atoms with Crippen molar-refractivity contribution in [2.75, 3.05) is 32.5 Å². The quantitative estimate of drug-likeness (QED) is 0.0493. The summed E-state index contributed by atoms with van der Waals surface area (Å²) in [4.78, 5) is 38.7. The molecule has 0 aliphatic carbocycles. The third-order valence-electron chi connectivity index (χ3n) is 6.27. The average Bonchev–Trinajstić information content (AvgIpc) is 3.44. The Morgan fingerprint density at radius 2 is 1.89 bits per heavy atom. The van der Waals surface area contributed by atoms with Crippen LogP contribution in [0.1, 0.15) is 31.2 Å². The molecule has 3 atom stereocenters. The molecule has 0 saturated carbocycles. The van der Waals surface area contributed by atoms with Crippen molar-refractivity contribution in [2.45, 2.75) is 49.6 Å². The summed E-state index contributed by atoms with van der Waals surface area (Å²) in [6.45, 7) is -1.30. The number of azide groups is 1. The van der Waals surface area contributed by atoms with Crippen LogP contribution in [0.2, 0.25) is 0 Å². The third kappa shape index (κ3) is 7.20. The average molecular weight is 562 g/mol. The topological polar surface area (TPSA) is 149 Å². The zero-order valence-corrected chi connectivity index (χ0v) is 21.3. The van der Waals surface area contributed by atoms with Gasteiger partial charge in [-0.25, -0.2) is 22.4 Å². The van der Waals surface area contributed by atoms with E-state index in [9.17, 15) is 31.9 Å². The number of hydrogen-bond acceptors (Lipinski definition) is 7. The number of halogens is 4. The molecule has 2 fully saturated rings. The van der Waals surface area contributed by atoms with E-state index >= 15 is 0 Å². The fourth-order valence-electron chi connectivity index (χ4n) is 4.34. The predicted molar refractivity (Wildman–Crippen MR) is 129 cm³/mol. The molecule has 38 heavy (non-hydrogen) atoms. The molecule has 3 unspecified atom stereocenters. The summed E-state index contributed by atoms with van der Waals surface area (Å²) in [5, 5.41) is 11.4. The van der Waals surface area contributed by atoms with Crippen molar-refractivity contribution >= 4 is 35.4 Å². The smallest absolute Gasteiger partial charge is 0.319 e. The SMILES string of the molecule is COC(=O)CN(CCNC(=O)CCCCC1SCC2NC(=O)NC21)Cc1c(F)c(F)c(N=[N+]=[N-])c(F)c1F. The first-order valence-electron chi connectivity index (χ1n) is 11.8. The van der Waals surface area contributed by atoms with E-state index < -0.39 is 53.6 Å². The second kappa shape index (κ2) is 13.5. The molecule has 208 valence electrons. The van der Waals surface area contributed by atoms with Crippen molar-refractivity contribution in [1.29, 1.82) is 0 Å². The van der Waals surface area contributed by atoms with Crippen LogP contribution in [0, 0.1) is 23.3 Å². The first-order chi connectivity index (χ1) is 18.2. The van der Waals surface area contributed by atoms with Crippen LogP contribution in [0.15, 0.2) is 5.11 Å². The van der Waals surface area contributed by atoms with E-state index in [2.05, 4.69) is 30.7 Å². The lowest BCUT2D eigenvalue weighted by Gasteiger charge is -2.22. The van der Waals surface area contributed by atoms with E-state index in [0.29, 0.717) is 6.42 Å². The highest BCUT2D eigenvalue weighted by molar-refractivity contribution is 8.00. The van der Waals surface area contributed by atoms with E-state index in [1.807, 2.05) is 0 Å². The van der Waals surface area contributed by atoms with Crippen LogP contribution >= 0.6 is 11.8 Å². The second-order valence-corrected chi connectivity index (χ2v) is 10.0. The highest BCUT2D eigenvalue weighted by Gasteiger charge is 2.42. The lowest BCUT2D eigenvalue weighted by atomic mass is 10.0. The van der Waals surface area contributed by atoms with Crippen molar-refractivity contribution in [2.24, 2.45) is 5.11 Å². The monoisotopic (exact) mass is 561 g/mol. The first kappa shape index (κ1) is 29.3. The van der Waals surface area contributed by atoms with Gasteiger partial charge in [0, 0.05) is 47.5 Å². The Labute approximate surface area is 219 Å². The van der Waals surface area contributed by atoms with Gasteiger partial charge in [0.1, 0.15) is 5.69 Å². The number of esters is 1. The van der Waals surface area contributed by atoms with Crippen LogP contribution in [0.3, 0.4) is 0 Å². The number of amides is 3. The second-order valence-electron chi connectivity index (χ2n) is 8.78. The van der Waals surface area contributed by atoms with E-state index in [1.165, 1.54) is 0 Å². The number of nitrogens with one attached hydrogen (secondary N) is 3. The number of urea groups is 1. The summed E-state index contributed by atoms with van der Waals surface area (Å²) in [6, 6.07) is 0.0681. The van der Waals surface area contributed by atoms with Crippen LogP contribution in [0.4, 0.5) is 28.0 Å². The summed E-state index contributed by atoms with van der Waals surface area (Å²) in [5.41, 5.74) is 5.92. The Balaban J connectivity index is 1.49. The Bertz CT molecular complexity index is 1090. The number of nitrogens with zero attached hydrogens (tertiary/aromatic N) is 4. The van der Waals surface area contributed by atoms with Gasteiger partial charge in [-0.15, -0.1) is 0 Å². The number of carbonyl (C=O) groups excluding carboxylic acids is 3. The lowest BCUT2D eigenvalue weighted by molar-refractivity contribution is -0.142. The minimum Gasteiger partial charge on any atom is -0.468 e. The van der Waals surface area contributed by atoms with E-state index in [-0.39, 0.29) is 48.8 Å². The van der Waals surface area contributed by atoms with Crippen molar-refractivity contribution in [3.8, 4) is 0 Å². The molecule has 2 aliphatic heterocycles. The maximum absolute atomic E-state index is 14.4. The van der Waals surface area contributed by atoms with Crippen LogP contribution in [-0.2, 0) is 20.9 Å². The number of thioether (sulfide) groups is 1. The molecule has 0 radical (unpaired) electrons. The molecule has 0 aromatic heterocycles. The van der Waals surface area contributed by atoms with Gasteiger partial charge in [0.25, 0.3) is 0 Å². The van der Waals surface area contributed by atoms with E-state index in [1.54, 1.807) is 11.8 Å². The minimum atomic E-state index is -1.86. The predicted octanol–water partition coefficient (Wildman–Crippen LogP) is 3.00. The van der Waals surface area contributed by atoms with Gasteiger partial charge in [0.2, 0.25) is 5.91 Å². The molecule has 16 heteroatoms. The van der Waals surface area contributed by atoms with Crippen molar-refractivity contribution < 1.29 is 36.7 Å². The highest BCUT2D eigenvalue weighted by atomic mass is 32.2. The summed E-state index contributed by atoms with van der Waals surface area (Å²) in [6.07, 6.45) is 2.46. The molecule has 0 spiro atoms. The Morgan fingerprint density at radius 3 is 2.55 bits per heavy atom. The largest absolute Gasteiger partial charge is 0.468 e.